The number of aromatic nitrogens is 1. The molecule has 1 aromatic heterocycles. The van der Waals surface area contributed by atoms with Crippen LogP contribution in [0.4, 0.5) is 0 Å². The molecule has 3 heterocycles. The number of fused-ring (bicyclic) bond motifs is 1. The zero-order valence-corrected chi connectivity index (χ0v) is 14.3. The number of rotatable bonds is 4. The summed E-state index contributed by atoms with van der Waals surface area (Å²) >= 11 is 1.64. The molecule has 0 spiro atoms. The highest BCUT2D eigenvalue weighted by Crippen LogP contribution is 2.34. The standard InChI is InChI=1S/C18H20N2O3S/c21-17(7-5-13-4-6-15-16(11-13)23-12-22-15)20-9-2-1-3-14(20)18-19-8-10-24-18/h4,6,8,10-11,14H,1-3,5,7,9,12H2/t14-/m1/s1. The molecule has 1 atom stereocenters. The Kier molecular flexibility index (Phi) is 4.38. The van der Waals surface area contributed by atoms with E-state index in [1.54, 1.807) is 11.3 Å². The van der Waals surface area contributed by atoms with Crippen LogP contribution in [0.3, 0.4) is 0 Å². The van der Waals surface area contributed by atoms with Gasteiger partial charge < -0.3 is 14.4 Å². The molecule has 126 valence electrons. The summed E-state index contributed by atoms with van der Waals surface area (Å²) < 4.78 is 10.7. The number of piperidine rings is 1. The Morgan fingerprint density at radius 1 is 1.29 bits per heavy atom. The molecule has 4 rings (SSSR count). The van der Waals surface area contributed by atoms with Gasteiger partial charge in [-0.2, -0.15) is 0 Å². The second kappa shape index (κ2) is 6.81. The third-order valence-corrected chi connectivity index (χ3v) is 5.50. The third kappa shape index (κ3) is 3.11. The lowest BCUT2D eigenvalue weighted by Gasteiger charge is -2.34. The van der Waals surface area contributed by atoms with Crippen LogP contribution in [0.5, 0.6) is 11.5 Å². The van der Waals surface area contributed by atoms with Crippen LogP contribution < -0.4 is 9.47 Å². The van der Waals surface area contributed by atoms with E-state index in [0.29, 0.717) is 6.42 Å². The summed E-state index contributed by atoms with van der Waals surface area (Å²) in [5.41, 5.74) is 1.11. The number of carbonyl (C=O) groups excluding carboxylic acids is 1. The van der Waals surface area contributed by atoms with Crippen LogP contribution >= 0.6 is 11.3 Å². The van der Waals surface area contributed by atoms with E-state index in [1.165, 1.54) is 0 Å². The first-order chi connectivity index (χ1) is 11.8. The van der Waals surface area contributed by atoms with Crippen LogP contribution in [0.1, 0.15) is 42.3 Å². The van der Waals surface area contributed by atoms with Crippen molar-refractivity contribution in [1.29, 1.82) is 0 Å². The molecule has 24 heavy (non-hydrogen) atoms. The van der Waals surface area contributed by atoms with E-state index in [2.05, 4.69) is 4.98 Å². The molecule has 0 N–H and O–H groups in total. The number of likely N-dealkylation sites (tertiary alicyclic amines) is 1. The van der Waals surface area contributed by atoms with E-state index in [-0.39, 0.29) is 18.7 Å². The fourth-order valence-electron chi connectivity index (χ4n) is 3.38. The average molecular weight is 344 g/mol. The van der Waals surface area contributed by atoms with Gasteiger partial charge in [0.25, 0.3) is 0 Å². The molecule has 0 aliphatic carbocycles. The maximum atomic E-state index is 12.8. The van der Waals surface area contributed by atoms with Crippen molar-refractivity contribution in [3.8, 4) is 11.5 Å². The minimum atomic E-state index is 0.156. The van der Waals surface area contributed by atoms with Gasteiger partial charge in [0, 0.05) is 24.5 Å². The van der Waals surface area contributed by atoms with Crippen LogP contribution in [0.15, 0.2) is 29.8 Å². The molecule has 5 nitrogen and oxygen atoms in total. The van der Waals surface area contributed by atoms with Crippen molar-refractivity contribution in [3.63, 3.8) is 0 Å². The zero-order chi connectivity index (χ0) is 16.4. The number of hydrogen-bond acceptors (Lipinski definition) is 5. The number of carbonyl (C=O) groups is 1. The molecule has 2 aromatic rings. The number of benzene rings is 1. The quantitative estimate of drug-likeness (QED) is 0.851. The third-order valence-electron chi connectivity index (χ3n) is 4.62. The Morgan fingerprint density at radius 3 is 3.08 bits per heavy atom. The van der Waals surface area contributed by atoms with E-state index in [0.717, 1.165) is 54.3 Å². The number of hydrogen-bond donors (Lipinski definition) is 0. The Hall–Kier alpha value is -2.08. The van der Waals surface area contributed by atoms with E-state index in [9.17, 15) is 4.79 Å². The number of ether oxygens (including phenoxy) is 2. The van der Waals surface area contributed by atoms with E-state index in [1.807, 2.05) is 34.7 Å². The highest BCUT2D eigenvalue weighted by molar-refractivity contribution is 7.09. The molecule has 1 aromatic carbocycles. The normalized spacial score (nSPS) is 19.5. The van der Waals surface area contributed by atoms with Gasteiger partial charge in [-0.1, -0.05) is 6.07 Å². The summed E-state index contributed by atoms with van der Waals surface area (Å²) in [4.78, 5) is 19.2. The fourth-order valence-corrected chi connectivity index (χ4v) is 4.16. The summed E-state index contributed by atoms with van der Waals surface area (Å²) in [7, 11) is 0. The molecule has 2 aliphatic rings. The van der Waals surface area contributed by atoms with E-state index in [4.69, 9.17) is 9.47 Å². The van der Waals surface area contributed by atoms with Gasteiger partial charge in [-0.3, -0.25) is 4.79 Å². The molecule has 2 aliphatic heterocycles. The van der Waals surface area contributed by atoms with Gasteiger partial charge in [0.1, 0.15) is 5.01 Å². The number of aryl methyl sites for hydroxylation is 1. The Labute approximate surface area is 145 Å². The maximum absolute atomic E-state index is 12.8. The Morgan fingerprint density at radius 2 is 2.21 bits per heavy atom. The summed E-state index contributed by atoms with van der Waals surface area (Å²) in [5, 5.41) is 3.05. The second-order valence-electron chi connectivity index (χ2n) is 6.16. The molecule has 0 saturated carbocycles. The monoisotopic (exact) mass is 344 g/mol. The smallest absolute Gasteiger partial charge is 0.231 e. The van der Waals surface area contributed by atoms with Gasteiger partial charge >= 0.3 is 0 Å². The fraction of sp³-hybridized carbons (Fsp3) is 0.444. The molecule has 1 fully saturated rings. The minimum absolute atomic E-state index is 0.156. The van der Waals surface area contributed by atoms with Crippen molar-refractivity contribution in [3.05, 3.63) is 40.3 Å². The molecule has 1 saturated heterocycles. The van der Waals surface area contributed by atoms with Crippen LogP contribution in [-0.4, -0.2) is 29.1 Å². The van der Waals surface area contributed by atoms with Gasteiger partial charge in [0.2, 0.25) is 12.7 Å². The topological polar surface area (TPSA) is 51.7 Å². The molecular formula is C18H20N2O3S. The van der Waals surface area contributed by atoms with Crippen LogP contribution in [0, 0.1) is 0 Å². The first-order valence-corrected chi connectivity index (χ1v) is 9.26. The molecule has 1 amide bonds. The predicted octanol–water partition coefficient (Wildman–Crippen LogP) is 3.56. The van der Waals surface area contributed by atoms with Crippen molar-refractivity contribution in [2.75, 3.05) is 13.3 Å². The van der Waals surface area contributed by atoms with Crippen molar-refractivity contribution in [1.82, 2.24) is 9.88 Å². The Balaban J connectivity index is 1.41. The summed E-state index contributed by atoms with van der Waals surface area (Å²) in [6.07, 6.45) is 6.32. The molecule has 6 heteroatoms. The maximum Gasteiger partial charge on any atom is 0.231 e. The second-order valence-corrected chi connectivity index (χ2v) is 7.08. The minimum Gasteiger partial charge on any atom is -0.454 e. The number of thiazole rings is 1. The lowest BCUT2D eigenvalue weighted by Crippen LogP contribution is -2.38. The molecule has 0 unspecified atom stereocenters. The van der Waals surface area contributed by atoms with E-state index < -0.39 is 0 Å². The molecule has 0 bridgehead atoms. The zero-order valence-electron chi connectivity index (χ0n) is 13.4. The summed E-state index contributed by atoms with van der Waals surface area (Å²) in [6, 6.07) is 6.06. The lowest BCUT2D eigenvalue weighted by atomic mass is 10.0. The lowest BCUT2D eigenvalue weighted by molar-refractivity contribution is -0.135. The van der Waals surface area contributed by atoms with Crippen molar-refractivity contribution < 1.29 is 14.3 Å². The van der Waals surface area contributed by atoms with Crippen molar-refractivity contribution >= 4 is 17.2 Å². The number of nitrogens with zero attached hydrogens (tertiary/aromatic N) is 2. The first-order valence-electron chi connectivity index (χ1n) is 8.38. The SMILES string of the molecule is O=C(CCc1ccc2c(c1)OCO2)N1CCCC[C@@H]1c1nccs1. The highest BCUT2D eigenvalue weighted by Gasteiger charge is 2.29. The van der Waals surface area contributed by atoms with E-state index >= 15 is 0 Å². The van der Waals surface area contributed by atoms with Gasteiger partial charge in [-0.15, -0.1) is 11.3 Å². The molecule has 0 radical (unpaired) electrons. The van der Waals surface area contributed by atoms with Crippen LogP contribution in [0.2, 0.25) is 0 Å². The van der Waals surface area contributed by atoms with Gasteiger partial charge in [0.05, 0.1) is 6.04 Å². The summed E-state index contributed by atoms with van der Waals surface area (Å²) in [6.45, 7) is 1.12. The van der Waals surface area contributed by atoms with Crippen LogP contribution in [-0.2, 0) is 11.2 Å². The average Bonchev–Trinajstić information content (AvgIpc) is 3.30. The summed E-state index contributed by atoms with van der Waals surface area (Å²) in [5.74, 6) is 1.77. The highest BCUT2D eigenvalue weighted by atomic mass is 32.1. The molecular weight excluding hydrogens is 324 g/mol. The van der Waals surface area contributed by atoms with Crippen molar-refractivity contribution in [2.24, 2.45) is 0 Å². The Bertz CT molecular complexity index is 717. The largest absolute Gasteiger partial charge is 0.454 e. The predicted molar refractivity (Wildman–Crippen MR) is 91.3 cm³/mol. The first kappa shape index (κ1) is 15.4. The number of amides is 1. The van der Waals surface area contributed by atoms with Crippen LogP contribution in [0.25, 0.3) is 0 Å². The van der Waals surface area contributed by atoms with Gasteiger partial charge in [0.15, 0.2) is 11.5 Å². The van der Waals surface area contributed by atoms with Gasteiger partial charge in [-0.25, -0.2) is 4.98 Å². The van der Waals surface area contributed by atoms with Gasteiger partial charge in [-0.05, 0) is 43.4 Å². The van der Waals surface area contributed by atoms with Crippen molar-refractivity contribution in [2.45, 2.75) is 38.1 Å².